The van der Waals surface area contributed by atoms with Crippen LogP contribution in [0.25, 0.3) is 11.3 Å². The van der Waals surface area contributed by atoms with Crippen molar-refractivity contribution in [3.63, 3.8) is 0 Å². The van der Waals surface area contributed by atoms with Crippen LogP contribution in [0.3, 0.4) is 0 Å². The number of ether oxygens (including phenoxy) is 2. The molecule has 19 heavy (non-hydrogen) atoms. The average molecular weight is 277 g/mol. The summed E-state index contributed by atoms with van der Waals surface area (Å²) in [6.45, 7) is 3.93. The first-order chi connectivity index (χ1) is 9.11. The molecule has 0 atom stereocenters. The maximum absolute atomic E-state index is 5.62. The van der Waals surface area contributed by atoms with Gasteiger partial charge in [-0.3, -0.25) is 4.98 Å². The molecule has 0 bridgehead atoms. The van der Waals surface area contributed by atoms with Gasteiger partial charge in [-0.25, -0.2) is 4.98 Å². The Balaban J connectivity index is 2.47. The van der Waals surface area contributed by atoms with Crippen LogP contribution in [0.2, 0.25) is 0 Å². The lowest BCUT2D eigenvalue weighted by Crippen LogP contribution is -2.05. The summed E-state index contributed by atoms with van der Waals surface area (Å²) in [6, 6.07) is 1.89. The summed E-state index contributed by atoms with van der Waals surface area (Å²) in [7, 11) is 1.56. The Kier molecular flexibility index (Phi) is 4.11. The highest BCUT2D eigenvalue weighted by Gasteiger charge is 2.10. The fourth-order valence-electron chi connectivity index (χ4n) is 1.68. The van der Waals surface area contributed by atoms with Gasteiger partial charge in [0.05, 0.1) is 31.4 Å². The summed E-state index contributed by atoms with van der Waals surface area (Å²) in [6.07, 6.45) is 5.02. The minimum atomic E-state index is 0.0925. The van der Waals surface area contributed by atoms with Gasteiger partial charge in [-0.2, -0.15) is 0 Å². The molecule has 0 amide bonds. The summed E-state index contributed by atoms with van der Waals surface area (Å²) in [4.78, 5) is 11.2. The number of rotatable bonds is 4. The second-order valence-electron chi connectivity index (χ2n) is 4.19. The Labute approximate surface area is 116 Å². The van der Waals surface area contributed by atoms with Gasteiger partial charge in [-0.15, -0.1) is 0 Å². The highest BCUT2D eigenvalue weighted by Crippen LogP contribution is 2.29. The second kappa shape index (κ2) is 5.79. The topological polar surface area (TPSA) is 60.0 Å². The van der Waals surface area contributed by atoms with Crippen LogP contribution >= 0.6 is 12.2 Å². The molecule has 5 nitrogen and oxygen atoms in total. The van der Waals surface area contributed by atoms with Crippen molar-refractivity contribution in [1.82, 2.24) is 15.0 Å². The molecule has 0 unspecified atom stereocenters. The Morgan fingerprint density at radius 2 is 2.11 bits per heavy atom. The van der Waals surface area contributed by atoms with Crippen molar-refractivity contribution in [3.8, 4) is 22.8 Å². The summed E-state index contributed by atoms with van der Waals surface area (Å²) >= 11 is 5.13. The number of H-pyrrole nitrogens is 1. The van der Waals surface area contributed by atoms with Gasteiger partial charge in [0, 0.05) is 11.8 Å². The van der Waals surface area contributed by atoms with Crippen LogP contribution in [-0.4, -0.2) is 28.2 Å². The van der Waals surface area contributed by atoms with E-state index in [0.717, 1.165) is 11.3 Å². The predicted molar refractivity (Wildman–Crippen MR) is 75.0 cm³/mol. The molecule has 0 aromatic carbocycles. The number of hydrogen-bond acceptors (Lipinski definition) is 5. The van der Waals surface area contributed by atoms with Crippen molar-refractivity contribution in [1.29, 1.82) is 0 Å². The van der Waals surface area contributed by atoms with Crippen molar-refractivity contribution in [2.75, 3.05) is 7.11 Å². The molecule has 100 valence electrons. The first-order valence-corrected chi connectivity index (χ1v) is 6.26. The van der Waals surface area contributed by atoms with Crippen LogP contribution in [0.4, 0.5) is 0 Å². The van der Waals surface area contributed by atoms with Gasteiger partial charge >= 0.3 is 0 Å². The van der Waals surface area contributed by atoms with E-state index in [1.165, 1.54) is 6.33 Å². The van der Waals surface area contributed by atoms with Crippen LogP contribution in [0.5, 0.6) is 11.5 Å². The molecule has 2 aromatic rings. The van der Waals surface area contributed by atoms with E-state index in [9.17, 15) is 0 Å². The van der Waals surface area contributed by atoms with Gasteiger partial charge in [0.1, 0.15) is 5.75 Å². The Morgan fingerprint density at radius 3 is 2.79 bits per heavy atom. The normalized spacial score (nSPS) is 10.5. The van der Waals surface area contributed by atoms with Crippen LogP contribution in [-0.2, 0) is 0 Å². The fourth-order valence-corrected chi connectivity index (χ4v) is 1.92. The van der Waals surface area contributed by atoms with Crippen molar-refractivity contribution >= 4 is 12.2 Å². The van der Waals surface area contributed by atoms with E-state index in [2.05, 4.69) is 15.0 Å². The van der Waals surface area contributed by atoms with Gasteiger partial charge in [0.15, 0.2) is 10.4 Å². The van der Waals surface area contributed by atoms with Crippen molar-refractivity contribution in [3.05, 3.63) is 29.4 Å². The van der Waals surface area contributed by atoms with E-state index in [0.29, 0.717) is 16.1 Å². The zero-order valence-electron chi connectivity index (χ0n) is 11.0. The molecule has 2 rings (SSSR count). The molecular formula is C13H15N3O2S. The molecule has 0 aliphatic heterocycles. The number of methoxy groups -OCH3 is 1. The lowest BCUT2D eigenvalue weighted by Gasteiger charge is -2.11. The van der Waals surface area contributed by atoms with E-state index < -0.39 is 0 Å². The largest absolute Gasteiger partial charge is 0.491 e. The molecule has 0 spiro atoms. The zero-order valence-corrected chi connectivity index (χ0v) is 11.8. The lowest BCUT2D eigenvalue weighted by atomic mass is 10.2. The minimum absolute atomic E-state index is 0.0925. The monoisotopic (exact) mass is 277 g/mol. The van der Waals surface area contributed by atoms with Crippen LogP contribution in [0.15, 0.2) is 24.8 Å². The summed E-state index contributed by atoms with van der Waals surface area (Å²) in [5, 5.41) is 0. The van der Waals surface area contributed by atoms with E-state index in [-0.39, 0.29) is 6.10 Å². The Bertz CT molecular complexity index is 625. The molecular weight excluding hydrogens is 262 g/mol. The first kappa shape index (κ1) is 13.5. The summed E-state index contributed by atoms with van der Waals surface area (Å²) < 4.78 is 11.3. The minimum Gasteiger partial charge on any atom is -0.491 e. The lowest BCUT2D eigenvalue weighted by molar-refractivity contribution is 0.241. The van der Waals surface area contributed by atoms with Crippen molar-refractivity contribution in [2.45, 2.75) is 20.0 Å². The molecule has 0 saturated carbocycles. The third-order valence-corrected chi connectivity index (χ3v) is 2.68. The number of aromatic nitrogens is 3. The third kappa shape index (κ3) is 3.08. The molecule has 2 aromatic heterocycles. The van der Waals surface area contributed by atoms with Gasteiger partial charge in [0.2, 0.25) is 0 Å². The van der Waals surface area contributed by atoms with Gasteiger partial charge in [-0.05, 0) is 19.9 Å². The quantitative estimate of drug-likeness (QED) is 0.870. The maximum atomic E-state index is 5.62. The van der Waals surface area contributed by atoms with Gasteiger partial charge < -0.3 is 14.5 Å². The highest BCUT2D eigenvalue weighted by atomic mass is 32.1. The molecule has 0 aliphatic rings. The van der Waals surface area contributed by atoms with E-state index in [4.69, 9.17) is 21.7 Å². The molecule has 0 radical (unpaired) electrons. The van der Waals surface area contributed by atoms with E-state index in [1.54, 1.807) is 19.5 Å². The maximum Gasteiger partial charge on any atom is 0.179 e. The SMILES string of the molecule is COc1c(-c2cncc(OC(C)C)c2)[nH]cnc1=S. The number of nitrogens with zero attached hydrogens (tertiary/aromatic N) is 2. The molecule has 6 heteroatoms. The van der Waals surface area contributed by atoms with Crippen LogP contribution < -0.4 is 9.47 Å². The van der Waals surface area contributed by atoms with Gasteiger partial charge in [0.25, 0.3) is 0 Å². The number of aromatic amines is 1. The molecule has 0 aliphatic carbocycles. The molecule has 1 N–H and O–H groups in total. The first-order valence-electron chi connectivity index (χ1n) is 5.85. The number of hydrogen-bond donors (Lipinski definition) is 1. The van der Waals surface area contributed by atoms with Crippen molar-refractivity contribution in [2.24, 2.45) is 0 Å². The molecule has 0 saturated heterocycles. The fraction of sp³-hybridized carbons (Fsp3) is 0.308. The standard InChI is InChI=1S/C13H15N3O2S/c1-8(2)18-10-4-9(5-14-6-10)11-12(17-3)13(19)16-7-15-11/h4-8H,1-3H3,(H,15,16,19). The van der Waals surface area contributed by atoms with Gasteiger partial charge in [-0.1, -0.05) is 12.2 Å². The molecule has 0 fully saturated rings. The third-order valence-electron chi connectivity index (χ3n) is 2.39. The Hall–Kier alpha value is -1.95. The molecule has 2 heterocycles. The number of pyridine rings is 1. The van der Waals surface area contributed by atoms with Crippen LogP contribution in [0.1, 0.15) is 13.8 Å². The van der Waals surface area contributed by atoms with Crippen molar-refractivity contribution < 1.29 is 9.47 Å². The smallest absolute Gasteiger partial charge is 0.179 e. The Morgan fingerprint density at radius 1 is 1.32 bits per heavy atom. The van der Waals surface area contributed by atoms with Crippen LogP contribution in [0, 0.1) is 4.64 Å². The highest BCUT2D eigenvalue weighted by molar-refractivity contribution is 7.71. The zero-order chi connectivity index (χ0) is 13.8. The second-order valence-corrected chi connectivity index (χ2v) is 4.58. The number of nitrogens with one attached hydrogen (secondary N) is 1. The average Bonchev–Trinajstić information content (AvgIpc) is 2.38. The summed E-state index contributed by atoms with van der Waals surface area (Å²) in [5.74, 6) is 1.23. The van der Waals surface area contributed by atoms with E-state index in [1.807, 2.05) is 19.9 Å². The predicted octanol–water partition coefficient (Wildman–Crippen LogP) is 3.00. The summed E-state index contributed by atoms with van der Waals surface area (Å²) in [5.41, 5.74) is 1.58. The van der Waals surface area contributed by atoms with E-state index >= 15 is 0 Å².